The number of likely N-dealkylation sites (tertiary alicyclic amines) is 1. The van der Waals surface area contributed by atoms with Crippen molar-refractivity contribution in [1.82, 2.24) is 19.2 Å². The van der Waals surface area contributed by atoms with Gasteiger partial charge in [-0.05, 0) is 37.5 Å². The Hall–Kier alpha value is -0.760. The van der Waals surface area contributed by atoms with Gasteiger partial charge in [-0.25, -0.2) is 18.4 Å². The third-order valence-corrected chi connectivity index (χ3v) is 5.24. The van der Waals surface area contributed by atoms with Crippen LogP contribution in [0.4, 0.5) is 0 Å². The van der Waals surface area contributed by atoms with Crippen LogP contribution in [0, 0.1) is 0 Å². The minimum absolute atomic E-state index is 0.0404. The van der Waals surface area contributed by atoms with Gasteiger partial charge in [-0.3, -0.25) is 0 Å². The van der Waals surface area contributed by atoms with Gasteiger partial charge in [0.25, 0.3) is 0 Å². The molecule has 0 saturated carbocycles. The molecule has 8 heteroatoms. The molecule has 1 fully saturated rings. The zero-order chi connectivity index (χ0) is 13.9. The first-order valence-corrected chi connectivity index (χ1v) is 7.98. The number of aromatic nitrogens is 2. The highest BCUT2D eigenvalue weighted by molar-refractivity contribution is 7.89. The maximum Gasteiger partial charge on any atom is 0.245 e. The van der Waals surface area contributed by atoms with Gasteiger partial charge < -0.3 is 4.90 Å². The fourth-order valence-corrected chi connectivity index (χ4v) is 3.17. The summed E-state index contributed by atoms with van der Waals surface area (Å²) in [6, 6.07) is 0. The molecule has 0 aromatic carbocycles. The molecule has 0 bridgehead atoms. The van der Waals surface area contributed by atoms with Crippen molar-refractivity contribution in [3.63, 3.8) is 0 Å². The van der Waals surface area contributed by atoms with Gasteiger partial charge in [0.05, 0.1) is 12.4 Å². The molecule has 1 aliphatic heterocycles. The highest BCUT2D eigenvalue weighted by Crippen LogP contribution is 2.14. The van der Waals surface area contributed by atoms with E-state index in [9.17, 15) is 8.42 Å². The van der Waals surface area contributed by atoms with E-state index in [1.54, 1.807) is 7.05 Å². The smallest absolute Gasteiger partial charge is 0.245 e. The molecule has 0 unspecified atom stereocenters. The van der Waals surface area contributed by atoms with E-state index in [2.05, 4.69) is 14.9 Å². The summed E-state index contributed by atoms with van der Waals surface area (Å²) in [7, 11) is -1.95. The lowest BCUT2D eigenvalue weighted by molar-refractivity contribution is 0.310. The van der Waals surface area contributed by atoms with Crippen molar-refractivity contribution in [3.05, 3.63) is 17.7 Å². The molecule has 2 rings (SSSR count). The number of likely N-dealkylation sites (N-methyl/N-ethyl adjacent to an activating group) is 1. The number of sulfonamides is 1. The molecule has 2 heterocycles. The second kappa shape index (κ2) is 6.13. The van der Waals surface area contributed by atoms with E-state index in [1.165, 1.54) is 29.5 Å². The fourth-order valence-electron chi connectivity index (χ4n) is 2.02. The Labute approximate surface area is 118 Å². The maximum absolute atomic E-state index is 12.2. The standard InChI is InChI=1S/C11H17ClN4O2S/c1-15(6-7-16-4-2-3-5-16)19(17,18)10-8-13-11(12)14-9-10/h8-9H,2-7H2,1H3. The first-order valence-electron chi connectivity index (χ1n) is 6.16. The zero-order valence-corrected chi connectivity index (χ0v) is 12.4. The summed E-state index contributed by atoms with van der Waals surface area (Å²) < 4.78 is 25.8. The minimum atomic E-state index is -3.52. The lowest BCUT2D eigenvalue weighted by atomic mass is 10.4. The SMILES string of the molecule is CN(CCN1CCCC1)S(=O)(=O)c1cnc(Cl)nc1. The Bertz CT molecular complexity index is 514. The largest absolute Gasteiger partial charge is 0.302 e. The summed E-state index contributed by atoms with van der Waals surface area (Å²) in [5, 5.41) is 0.0404. The molecule has 19 heavy (non-hydrogen) atoms. The monoisotopic (exact) mass is 304 g/mol. The van der Waals surface area contributed by atoms with Crippen LogP contribution >= 0.6 is 11.6 Å². The third-order valence-electron chi connectivity index (χ3n) is 3.23. The number of halogens is 1. The number of hydrogen-bond donors (Lipinski definition) is 0. The third kappa shape index (κ3) is 3.62. The molecule has 106 valence electrons. The molecule has 0 aliphatic carbocycles. The van der Waals surface area contributed by atoms with Crippen LogP contribution in [0.3, 0.4) is 0 Å². The highest BCUT2D eigenvalue weighted by Gasteiger charge is 2.22. The summed E-state index contributed by atoms with van der Waals surface area (Å²) >= 11 is 5.55. The van der Waals surface area contributed by atoms with Gasteiger partial charge in [-0.15, -0.1) is 0 Å². The Morgan fingerprint density at radius 1 is 1.32 bits per heavy atom. The summed E-state index contributed by atoms with van der Waals surface area (Å²) in [6.45, 7) is 3.32. The van der Waals surface area contributed by atoms with Crippen molar-refractivity contribution in [3.8, 4) is 0 Å². The molecule has 0 N–H and O–H groups in total. The second-order valence-corrected chi connectivity index (χ2v) is 6.95. The van der Waals surface area contributed by atoms with Crippen LogP contribution in [0.25, 0.3) is 0 Å². The van der Waals surface area contributed by atoms with Crippen LogP contribution in [0.15, 0.2) is 17.3 Å². The quantitative estimate of drug-likeness (QED) is 0.754. The topological polar surface area (TPSA) is 66.4 Å². The van der Waals surface area contributed by atoms with E-state index >= 15 is 0 Å². The first-order chi connectivity index (χ1) is 9.00. The number of rotatable bonds is 5. The van der Waals surface area contributed by atoms with Gasteiger partial charge in [0.1, 0.15) is 4.90 Å². The average molecular weight is 305 g/mol. The lowest BCUT2D eigenvalue weighted by Crippen LogP contribution is -2.35. The van der Waals surface area contributed by atoms with E-state index < -0.39 is 10.0 Å². The summed E-state index contributed by atoms with van der Waals surface area (Å²) in [5.74, 6) is 0. The maximum atomic E-state index is 12.2. The fraction of sp³-hybridized carbons (Fsp3) is 0.636. The zero-order valence-electron chi connectivity index (χ0n) is 10.8. The van der Waals surface area contributed by atoms with E-state index in [4.69, 9.17) is 11.6 Å². The molecule has 0 radical (unpaired) electrons. The molecule has 1 aromatic rings. The van der Waals surface area contributed by atoms with E-state index in [0.717, 1.165) is 19.6 Å². The van der Waals surface area contributed by atoms with E-state index in [0.29, 0.717) is 6.54 Å². The summed E-state index contributed by atoms with van der Waals surface area (Å²) in [4.78, 5) is 9.75. The van der Waals surface area contributed by atoms with Crippen molar-refractivity contribution in [2.45, 2.75) is 17.7 Å². The van der Waals surface area contributed by atoms with Crippen molar-refractivity contribution >= 4 is 21.6 Å². The normalized spacial score (nSPS) is 17.2. The molecule has 0 spiro atoms. The Balaban J connectivity index is 1.99. The summed E-state index contributed by atoms with van der Waals surface area (Å²) in [5.41, 5.74) is 0. The molecular weight excluding hydrogens is 288 g/mol. The first kappa shape index (κ1) is 14.6. The molecule has 1 aliphatic rings. The average Bonchev–Trinajstić information content (AvgIpc) is 2.89. The molecular formula is C11H17ClN4O2S. The van der Waals surface area contributed by atoms with Crippen LogP contribution < -0.4 is 0 Å². The lowest BCUT2D eigenvalue weighted by Gasteiger charge is -2.20. The van der Waals surface area contributed by atoms with Crippen molar-refractivity contribution in [2.24, 2.45) is 0 Å². The van der Waals surface area contributed by atoms with Crippen LogP contribution in [0.5, 0.6) is 0 Å². The van der Waals surface area contributed by atoms with Crippen LogP contribution in [-0.4, -0.2) is 60.8 Å². The molecule has 0 amide bonds. The molecule has 1 aromatic heterocycles. The molecule has 1 saturated heterocycles. The van der Waals surface area contributed by atoms with Gasteiger partial charge in [-0.1, -0.05) is 0 Å². The molecule has 6 nitrogen and oxygen atoms in total. The van der Waals surface area contributed by atoms with Gasteiger partial charge in [-0.2, -0.15) is 4.31 Å². The Morgan fingerprint density at radius 3 is 2.47 bits per heavy atom. The van der Waals surface area contributed by atoms with Crippen LogP contribution in [-0.2, 0) is 10.0 Å². The van der Waals surface area contributed by atoms with Gasteiger partial charge in [0.15, 0.2) is 0 Å². The van der Waals surface area contributed by atoms with Crippen LogP contribution in [0.2, 0.25) is 5.28 Å². The van der Waals surface area contributed by atoms with Crippen LogP contribution in [0.1, 0.15) is 12.8 Å². The van der Waals surface area contributed by atoms with E-state index in [1.807, 2.05) is 0 Å². The van der Waals surface area contributed by atoms with Gasteiger partial charge >= 0.3 is 0 Å². The summed E-state index contributed by atoms with van der Waals surface area (Å²) in [6.07, 6.45) is 4.86. The van der Waals surface area contributed by atoms with Crippen molar-refractivity contribution in [2.75, 3.05) is 33.2 Å². The predicted octanol–water partition coefficient (Wildman–Crippen LogP) is 0.846. The minimum Gasteiger partial charge on any atom is -0.302 e. The number of hydrogen-bond acceptors (Lipinski definition) is 5. The van der Waals surface area contributed by atoms with E-state index in [-0.39, 0.29) is 10.2 Å². The molecule has 0 atom stereocenters. The van der Waals surface area contributed by atoms with Gasteiger partial charge in [0, 0.05) is 20.1 Å². The van der Waals surface area contributed by atoms with Crippen molar-refractivity contribution in [1.29, 1.82) is 0 Å². The van der Waals surface area contributed by atoms with Gasteiger partial charge in [0.2, 0.25) is 15.3 Å². The number of nitrogens with zero attached hydrogens (tertiary/aromatic N) is 4. The second-order valence-electron chi connectivity index (χ2n) is 4.56. The Kier molecular flexibility index (Phi) is 4.72. The van der Waals surface area contributed by atoms with Crippen molar-refractivity contribution < 1.29 is 8.42 Å². The highest BCUT2D eigenvalue weighted by atomic mass is 35.5. The predicted molar refractivity (Wildman–Crippen MR) is 72.5 cm³/mol. The Morgan fingerprint density at radius 2 is 1.89 bits per heavy atom.